The molecular formula is C23H25N5O3. The summed E-state index contributed by atoms with van der Waals surface area (Å²) in [7, 11) is 3.26. The van der Waals surface area contributed by atoms with E-state index in [0.29, 0.717) is 26.2 Å². The molecule has 0 saturated carbocycles. The highest BCUT2D eigenvalue weighted by molar-refractivity contribution is 5.89. The molecule has 0 aliphatic carbocycles. The second kappa shape index (κ2) is 9.34. The van der Waals surface area contributed by atoms with E-state index in [-0.39, 0.29) is 6.03 Å². The first-order chi connectivity index (χ1) is 15.2. The first-order valence-corrected chi connectivity index (χ1v) is 10.1. The van der Waals surface area contributed by atoms with Crippen LogP contribution in [0.4, 0.5) is 16.3 Å². The zero-order chi connectivity index (χ0) is 21.6. The van der Waals surface area contributed by atoms with Crippen molar-refractivity contribution >= 4 is 17.5 Å². The Labute approximate surface area is 181 Å². The molecule has 2 aromatic carbocycles. The smallest absolute Gasteiger partial charge is 0.321 e. The first kappa shape index (κ1) is 20.5. The Kier molecular flexibility index (Phi) is 6.16. The lowest BCUT2D eigenvalue weighted by atomic mass is 10.1. The summed E-state index contributed by atoms with van der Waals surface area (Å²) in [5.74, 6) is 2.38. The minimum absolute atomic E-state index is 0.106. The molecule has 0 bridgehead atoms. The topological polar surface area (TPSA) is 79.8 Å². The largest absolute Gasteiger partial charge is 0.497 e. The number of rotatable bonds is 5. The van der Waals surface area contributed by atoms with Crippen LogP contribution in [0.1, 0.15) is 0 Å². The molecule has 8 heteroatoms. The Balaban J connectivity index is 1.32. The highest BCUT2D eigenvalue weighted by Gasteiger charge is 2.22. The van der Waals surface area contributed by atoms with Crippen LogP contribution in [0, 0.1) is 0 Å². The maximum absolute atomic E-state index is 12.5. The van der Waals surface area contributed by atoms with Crippen molar-refractivity contribution in [2.45, 2.75) is 0 Å². The van der Waals surface area contributed by atoms with Crippen LogP contribution in [0.5, 0.6) is 11.5 Å². The molecule has 0 unspecified atom stereocenters. The summed E-state index contributed by atoms with van der Waals surface area (Å²) in [4.78, 5) is 16.5. The molecule has 1 saturated heterocycles. The minimum Gasteiger partial charge on any atom is -0.497 e. The summed E-state index contributed by atoms with van der Waals surface area (Å²) in [5, 5.41) is 11.7. The van der Waals surface area contributed by atoms with Gasteiger partial charge in [0.25, 0.3) is 0 Å². The average Bonchev–Trinajstić information content (AvgIpc) is 2.85. The van der Waals surface area contributed by atoms with Gasteiger partial charge in [-0.15, -0.1) is 10.2 Å². The second-order valence-corrected chi connectivity index (χ2v) is 7.14. The van der Waals surface area contributed by atoms with E-state index in [4.69, 9.17) is 9.47 Å². The number of nitrogens with one attached hydrogen (secondary N) is 1. The molecule has 8 nitrogen and oxygen atoms in total. The van der Waals surface area contributed by atoms with Gasteiger partial charge < -0.3 is 24.6 Å². The maximum atomic E-state index is 12.5. The Morgan fingerprint density at radius 3 is 1.97 bits per heavy atom. The van der Waals surface area contributed by atoms with Gasteiger partial charge in [-0.05, 0) is 60.7 Å². The van der Waals surface area contributed by atoms with Crippen LogP contribution in [0.3, 0.4) is 0 Å². The fourth-order valence-electron chi connectivity index (χ4n) is 3.43. The van der Waals surface area contributed by atoms with Crippen molar-refractivity contribution in [3.8, 4) is 22.8 Å². The number of ether oxygens (including phenoxy) is 2. The molecule has 2 heterocycles. The number of carbonyl (C=O) groups is 1. The third-order valence-electron chi connectivity index (χ3n) is 5.27. The molecule has 0 spiro atoms. The number of nitrogens with zero attached hydrogens (tertiary/aromatic N) is 4. The molecule has 0 atom stereocenters. The van der Waals surface area contributed by atoms with Crippen LogP contribution in [-0.4, -0.2) is 61.5 Å². The zero-order valence-corrected chi connectivity index (χ0v) is 17.6. The summed E-state index contributed by atoms with van der Waals surface area (Å²) in [6.45, 7) is 2.63. The lowest BCUT2D eigenvalue weighted by Gasteiger charge is -2.35. The molecular weight excluding hydrogens is 394 g/mol. The number of aromatic nitrogens is 2. The molecule has 3 aromatic rings. The van der Waals surface area contributed by atoms with Crippen LogP contribution in [0.25, 0.3) is 11.3 Å². The van der Waals surface area contributed by atoms with Gasteiger partial charge in [-0.1, -0.05) is 0 Å². The van der Waals surface area contributed by atoms with Gasteiger partial charge in [0, 0.05) is 37.4 Å². The Morgan fingerprint density at radius 2 is 1.42 bits per heavy atom. The van der Waals surface area contributed by atoms with Gasteiger partial charge in [0.2, 0.25) is 0 Å². The van der Waals surface area contributed by atoms with E-state index in [1.165, 1.54) is 0 Å². The van der Waals surface area contributed by atoms with Gasteiger partial charge in [0.05, 0.1) is 19.9 Å². The van der Waals surface area contributed by atoms with Crippen molar-refractivity contribution in [3.63, 3.8) is 0 Å². The summed E-state index contributed by atoms with van der Waals surface area (Å²) >= 11 is 0. The van der Waals surface area contributed by atoms with E-state index in [9.17, 15) is 4.79 Å². The van der Waals surface area contributed by atoms with Gasteiger partial charge in [-0.2, -0.15) is 0 Å². The fraction of sp³-hybridized carbons (Fsp3) is 0.261. The van der Waals surface area contributed by atoms with E-state index >= 15 is 0 Å². The lowest BCUT2D eigenvalue weighted by Crippen LogP contribution is -2.50. The number of urea groups is 1. The molecule has 1 fully saturated rings. The van der Waals surface area contributed by atoms with Gasteiger partial charge in [0.1, 0.15) is 11.5 Å². The fourth-order valence-corrected chi connectivity index (χ4v) is 3.43. The highest BCUT2D eigenvalue weighted by atomic mass is 16.5. The zero-order valence-electron chi connectivity index (χ0n) is 17.6. The summed E-state index contributed by atoms with van der Waals surface area (Å²) < 4.78 is 10.3. The van der Waals surface area contributed by atoms with Gasteiger partial charge >= 0.3 is 6.03 Å². The Hall–Kier alpha value is -3.81. The summed E-state index contributed by atoms with van der Waals surface area (Å²) in [6.07, 6.45) is 0. The van der Waals surface area contributed by atoms with E-state index in [1.54, 1.807) is 19.1 Å². The van der Waals surface area contributed by atoms with Crippen LogP contribution in [-0.2, 0) is 0 Å². The van der Waals surface area contributed by atoms with E-state index in [0.717, 1.165) is 34.3 Å². The van der Waals surface area contributed by atoms with Gasteiger partial charge in [-0.3, -0.25) is 0 Å². The van der Waals surface area contributed by atoms with Crippen molar-refractivity contribution in [1.82, 2.24) is 15.1 Å². The average molecular weight is 419 g/mol. The number of amides is 2. The number of hydrogen-bond acceptors (Lipinski definition) is 6. The molecule has 31 heavy (non-hydrogen) atoms. The van der Waals surface area contributed by atoms with Crippen molar-refractivity contribution in [3.05, 3.63) is 60.7 Å². The number of anilines is 2. The van der Waals surface area contributed by atoms with E-state index in [1.807, 2.05) is 60.7 Å². The molecule has 4 rings (SSSR count). The van der Waals surface area contributed by atoms with Crippen molar-refractivity contribution < 1.29 is 14.3 Å². The standard InChI is InChI=1S/C23H25N5O3/c1-30-19-7-3-17(4-8-19)21-11-12-22(26-25-21)27-13-15-28(16-14-27)23(29)24-18-5-9-20(31-2)10-6-18/h3-12H,13-16H2,1-2H3,(H,24,29). The Morgan fingerprint density at radius 1 is 0.806 bits per heavy atom. The number of carbonyl (C=O) groups excluding carboxylic acids is 1. The van der Waals surface area contributed by atoms with Crippen molar-refractivity contribution in [2.24, 2.45) is 0 Å². The molecule has 1 aromatic heterocycles. The predicted molar refractivity (Wildman–Crippen MR) is 120 cm³/mol. The van der Waals surface area contributed by atoms with Crippen molar-refractivity contribution in [2.75, 3.05) is 50.6 Å². The maximum Gasteiger partial charge on any atom is 0.321 e. The van der Waals surface area contributed by atoms with E-state index < -0.39 is 0 Å². The van der Waals surface area contributed by atoms with Gasteiger partial charge in [0.15, 0.2) is 5.82 Å². The SMILES string of the molecule is COc1ccc(NC(=O)N2CCN(c3ccc(-c4ccc(OC)cc4)nn3)CC2)cc1. The Bertz CT molecular complexity index is 999. The lowest BCUT2D eigenvalue weighted by molar-refractivity contribution is 0.208. The third-order valence-corrected chi connectivity index (χ3v) is 5.27. The quantitative estimate of drug-likeness (QED) is 0.682. The molecule has 160 valence electrons. The molecule has 0 radical (unpaired) electrons. The second-order valence-electron chi connectivity index (χ2n) is 7.14. The number of hydrogen-bond donors (Lipinski definition) is 1. The van der Waals surface area contributed by atoms with Gasteiger partial charge in [-0.25, -0.2) is 4.79 Å². The first-order valence-electron chi connectivity index (χ1n) is 10.1. The molecule has 1 aliphatic heterocycles. The van der Waals surface area contributed by atoms with Crippen LogP contribution in [0.15, 0.2) is 60.7 Å². The van der Waals surface area contributed by atoms with Crippen LogP contribution < -0.4 is 19.7 Å². The summed E-state index contributed by atoms with van der Waals surface area (Å²) in [5.41, 5.74) is 2.54. The minimum atomic E-state index is -0.106. The summed E-state index contributed by atoms with van der Waals surface area (Å²) in [6, 6.07) is 18.9. The monoisotopic (exact) mass is 419 g/mol. The molecule has 1 N–H and O–H groups in total. The number of piperazine rings is 1. The normalized spacial score (nSPS) is 13.6. The van der Waals surface area contributed by atoms with E-state index in [2.05, 4.69) is 20.4 Å². The third kappa shape index (κ3) is 4.85. The van der Waals surface area contributed by atoms with Crippen LogP contribution in [0.2, 0.25) is 0 Å². The number of methoxy groups -OCH3 is 2. The number of benzene rings is 2. The van der Waals surface area contributed by atoms with Crippen molar-refractivity contribution in [1.29, 1.82) is 0 Å². The molecule has 2 amide bonds. The predicted octanol–water partition coefficient (Wildman–Crippen LogP) is 3.51. The highest BCUT2D eigenvalue weighted by Crippen LogP contribution is 2.22. The van der Waals surface area contributed by atoms with Crippen LogP contribution >= 0.6 is 0 Å². The molecule has 1 aliphatic rings.